The molecule has 4 heteroatoms. The predicted octanol–water partition coefficient (Wildman–Crippen LogP) is 1.82. The van der Waals surface area contributed by atoms with Crippen LogP contribution in [0.3, 0.4) is 0 Å². The van der Waals surface area contributed by atoms with Gasteiger partial charge in [-0.25, -0.2) is 0 Å². The first-order valence-corrected chi connectivity index (χ1v) is 5.11. The topological polar surface area (TPSA) is 53.7 Å². The molecule has 0 fully saturated rings. The molecule has 0 radical (unpaired) electrons. The zero-order chi connectivity index (χ0) is 11.6. The molecule has 0 heterocycles. The van der Waals surface area contributed by atoms with E-state index in [1.165, 1.54) is 6.26 Å². The van der Waals surface area contributed by atoms with E-state index in [2.05, 4.69) is 6.58 Å². The van der Waals surface area contributed by atoms with Crippen molar-refractivity contribution in [2.75, 3.05) is 32.2 Å². The van der Waals surface area contributed by atoms with Gasteiger partial charge in [0.2, 0.25) is 0 Å². The minimum atomic E-state index is 0.512. The summed E-state index contributed by atoms with van der Waals surface area (Å²) in [6, 6.07) is 7.26. The van der Waals surface area contributed by atoms with E-state index in [9.17, 15) is 0 Å². The lowest BCUT2D eigenvalue weighted by atomic mass is 10.3. The van der Waals surface area contributed by atoms with Crippen LogP contribution >= 0.6 is 0 Å². The van der Waals surface area contributed by atoms with Gasteiger partial charge in [-0.2, -0.15) is 0 Å². The molecule has 0 saturated heterocycles. The van der Waals surface area contributed by atoms with Gasteiger partial charge in [0.15, 0.2) is 0 Å². The van der Waals surface area contributed by atoms with Crippen LogP contribution in [-0.2, 0) is 9.47 Å². The van der Waals surface area contributed by atoms with Gasteiger partial charge in [-0.1, -0.05) is 6.58 Å². The number of rotatable bonds is 8. The van der Waals surface area contributed by atoms with Crippen molar-refractivity contribution in [3.8, 4) is 5.75 Å². The van der Waals surface area contributed by atoms with Crippen LogP contribution in [0.4, 0.5) is 5.69 Å². The van der Waals surface area contributed by atoms with Crippen LogP contribution < -0.4 is 10.5 Å². The average Bonchev–Trinajstić information content (AvgIpc) is 2.30. The smallest absolute Gasteiger partial charge is 0.119 e. The highest BCUT2D eigenvalue weighted by molar-refractivity contribution is 5.41. The molecule has 0 atom stereocenters. The van der Waals surface area contributed by atoms with Crippen LogP contribution in [0.1, 0.15) is 0 Å². The molecule has 0 spiro atoms. The summed E-state index contributed by atoms with van der Waals surface area (Å²) >= 11 is 0. The van der Waals surface area contributed by atoms with Gasteiger partial charge < -0.3 is 19.9 Å². The molecule has 0 saturated carbocycles. The Hall–Kier alpha value is -1.68. The monoisotopic (exact) mass is 223 g/mol. The molecule has 1 aromatic rings. The van der Waals surface area contributed by atoms with Crippen LogP contribution in [0.25, 0.3) is 0 Å². The largest absolute Gasteiger partial charge is 0.499 e. The number of benzene rings is 1. The number of nitrogens with two attached hydrogens (primary N) is 1. The Morgan fingerprint density at radius 1 is 1.06 bits per heavy atom. The normalized spacial score (nSPS) is 9.75. The standard InChI is InChI=1S/C12H17NO3/c1-2-14-7-8-15-9-10-16-12-5-3-11(13)4-6-12/h2-6H,1,7-10,13H2. The third-order valence-corrected chi connectivity index (χ3v) is 1.84. The van der Waals surface area contributed by atoms with Gasteiger partial charge in [-0.3, -0.25) is 0 Å². The maximum atomic E-state index is 5.55. The van der Waals surface area contributed by atoms with E-state index in [0.29, 0.717) is 26.4 Å². The van der Waals surface area contributed by atoms with Gasteiger partial charge in [0.05, 0.1) is 19.5 Å². The second-order valence-electron chi connectivity index (χ2n) is 3.07. The van der Waals surface area contributed by atoms with Crippen LogP contribution in [0.15, 0.2) is 37.1 Å². The van der Waals surface area contributed by atoms with E-state index >= 15 is 0 Å². The Labute approximate surface area is 95.6 Å². The molecule has 4 nitrogen and oxygen atoms in total. The summed E-state index contributed by atoms with van der Waals surface area (Å²) in [4.78, 5) is 0. The highest BCUT2D eigenvalue weighted by Gasteiger charge is 1.93. The van der Waals surface area contributed by atoms with Gasteiger partial charge in [0.25, 0.3) is 0 Å². The molecular formula is C12H17NO3. The van der Waals surface area contributed by atoms with Gasteiger partial charge >= 0.3 is 0 Å². The zero-order valence-corrected chi connectivity index (χ0v) is 9.22. The zero-order valence-electron chi connectivity index (χ0n) is 9.22. The molecule has 0 aliphatic rings. The first kappa shape index (κ1) is 12.4. The third kappa shape index (κ3) is 5.26. The maximum Gasteiger partial charge on any atom is 0.119 e. The Bertz CT molecular complexity index is 298. The van der Waals surface area contributed by atoms with Crippen molar-refractivity contribution in [1.82, 2.24) is 0 Å². The van der Waals surface area contributed by atoms with E-state index in [4.69, 9.17) is 19.9 Å². The molecule has 0 bridgehead atoms. The Kier molecular flexibility index (Phi) is 5.88. The minimum absolute atomic E-state index is 0.512. The predicted molar refractivity (Wildman–Crippen MR) is 63.3 cm³/mol. The van der Waals surface area contributed by atoms with Gasteiger partial charge in [-0.15, -0.1) is 0 Å². The lowest BCUT2D eigenvalue weighted by molar-refractivity contribution is 0.0654. The number of hydrogen-bond acceptors (Lipinski definition) is 4. The molecule has 0 aromatic heterocycles. The minimum Gasteiger partial charge on any atom is -0.499 e. The lowest BCUT2D eigenvalue weighted by Crippen LogP contribution is -2.09. The Morgan fingerprint density at radius 2 is 1.75 bits per heavy atom. The second kappa shape index (κ2) is 7.59. The van der Waals surface area contributed by atoms with Crippen LogP contribution in [0.5, 0.6) is 5.75 Å². The van der Waals surface area contributed by atoms with Gasteiger partial charge in [0, 0.05) is 5.69 Å². The number of nitrogen functional groups attached to an aromatic ring is 1. The molecule has 88 valence electrons. The van der Waals surface area contributed by atoms with Crippen molar-refractivity contribution in [2.45, 2.75) is 0 Å². The van der Waals surface area contributed by atoms with Crippen LogP contribution in [0.2, 0.25) is 0 Å². The van der Waals surface area contributed by atoms with Crippen molar-refractivity contribution < 1.29 is 14.2 Å². The molecule has 0 amide bonds. The summed E-state index contributed by atoms with van der Waals surface area (Å²) in [5, 5.41) is 0. The van der Waals surface area contributed by atoms with Gasteiger partial charge in [0.1, 0.15) is 19.0 Å². The number of anilines is 1. The molecular weight excluding hydrogens is 206 g/mol. The fourth-order valence-corrected chi connectivity index (χ4v) is 1.07. The van der Waals surface area contributed by atoms with E-state index in [1.54, 1.807) is 12.1 Å². The Morgan fingerprint density at radius 3 is 2.44 bits per heavy atom. The van der Waals surface area contributed by atoms with Crippen molar-refractivity contribution in [2.24, 2.45) is 0 Å². The second-order valence-corrected chi connectivity index (χ2v) is 3.07. The molecule has 2 N–H and O–H groups in total. The molecule has 0 aliphatic heterocycles. The maximum absolute atomic E-state index is 5.55. The summed E-state index contributed by atoms with van der Waals surface area (Å²) in [6.07, 6.45) is 1.40. The van der Waals surface area contributed by atoms with Crippen molar-refractivity contribution in [3.05, 3.63) is 37.1 Å². The average molecular weight is 223 g/mol. The van der Waals surface area contributed by atoms with Gasteiger partial charge in [-0.05, 0) is 24.3 Å². The van der Waals surface area contributed by atoms with E-state index in [-0.39, 0.29) is 0 Å². The molecule has 16 heavy (non-hydrogen) atoms. The number of ether oxygens (including phenoxy) is 3. The number of hydrogen-bond donors (Lipinski definition) is 1. The highest BCUT2D eigenvalue weighted by Crippen LogP contribution is 2.12. The molecule has 1 rings (SSSR count). The summed E-state index contributed by atoms with van der Waals surface area (Å²) in [6.45, 7) is 5.53. The molecule has 0 aliphatic carbocycles. The highest BCUT2D eigenvalue weighted by atomic mass is 16.5. The summed E-state index contributed by atoms with van der Waals surface area (Å²) < 4.78 is 15.6. The van der Waals surface area contributed by atoms with E-state index in [0.717, 1.165) is 11.4 Å². The fraction of sp³-hybridized carbons (Fsp3) is 0.333. The van der Waals surface area contributed by atoms with E-state index in [1.807, 2.05) is 12.1 Å². The lowest BCUT2D eigenvalue weighted by Gasteiger charge is -2.07. The van der Waals surface area contributed by atoms with E-state index < -0.39 is 0 Å². The first-order chi connectivity index (χ1) is 7.83. The first-order valence-electron chi connectivity index (χ1n) is 5.11. The molecule has 0 unspecified atom stereocenters. The van der Waals surface area contributed by atoms with Crippen molar-refractivity contribution in [3.63, 3.8) is 0 Å². The van der Waals surface area contributed by atoms with Crippen LogP contribution in [-0.4, -0.2) is 26.4 Å². The van der Waals surface area contributed by atoms with Crippen molar-refractivity contribution in [1.29, 1.82) is 0 Å². The SMILES string of the molecule is C=COCCOCCOc1ccc(N)cc1. The molecule has 1 aromatic carbocycles. The summed E-state index contributed by atoms with van der Waals surface area (Å²) in [7, 11) is 0. The Balaban J connectivity index is 2.02. The summed E-state index contributed by atoms with van der Waals surface area (Å²) in [5.74, 6) is 0.792. The third-order valence-electron chi connectivity index (χ3n) is 1.84. The quantitative estimate of drug-likeness (QED) is 0.415. The van der Waals surface area contributed by atoms with Crippen LogP contribution in [0, 0.1) is 0 Å². The fourth-order valence-electron chi connectivity index (χ4n) is 1.07. The van der Waals surface area contributed by atoms with Crippen molar-refractivity contribution >= 4 is 5.69 Å². The summed E-state index contributed by atoms with van der Waals surface area (Å²) in [5.41, 5.74) is 6.27.